The molecule has 0 spiro atoms. The van der Waals surface area contributed by atoms with Gasteiger partial charge in [0.1, 0.15) is 12.4 Å². The van der Waals surface area contributed by atoms with Crippen LogP contribution in [-0.2, 0) is 23.2 Å². The third-order valence-corrected chi connectivity index (χ3v) is 4.20. The van der Waals surface area contributed by atoms with E-state index in [0.717, 1.165) is 24.4 Å². The fourth-order valence-electron chi connectivity index (χ4n) is 1.91. The van der Waals surface area contributed by atoms with Crippen molar-refractivity contribution in [1.29, 1.82) is 0 Å². The van der Waals surface area contributed by atoms with E-state index in [0.29, 0.717) is 9.90 Å². The number of carbonyl (C=O) groups is 1. The van der Waals surface area contributed by atoms with Crippen LogP contribution in [0.3, 0.4) is 0 Å². The Kier molecular flexibility index (Phi) is 5.12. The molecule has 2 N–H and O–H groups in total. The molecule has 0 aliphatic carbocycles. The zero-order valence-electron chi connectivity index (χ0n) is 13.3. The summed E-state index contributed by atoms with van der Waals surface area (Å²) in [6.07, 6.45) is 1.73. The molecule has 0 saturated carbocycles. The third-order valence-electron chi connectivity index (χ3n) is 3.13. The normalized spacial score (nSPS) is 11.6. The van der Waals surface area contributed by atoms with Crippen LogP contribution in [-0.4, -0.2) is 25.7 Å². The Hall–Kier alpha value is -1.54. The number of hydrogen-bond acceptors (Lipinski definition) is 5. The van der Waals surface area contributed by atoms with Gasteiger partial charge in [0.05, 0.1) is 5.69 Å². The van der Waals surface area contributed by atoms with Gasteiger partial charge in [-0.25, -0.2) is 4.98 Å². The molecule has 1 amide bonds. The van der Waals surface area contributed by atoms with Crippen LogP contribution in [0.4, 0.5) is 5.13 Å². The lowest BCUT2D eigenvalue weighted by Gasteiger charge is -2.14. The maximum absolute atomic E-state index is 12.2. The molecule has 0 aliphatic rings. The zero-order valence-corrected chi connectivity index (χ0v) is 14.9. The van der Waals surface area contributed by atoms with E-state index < -0.39 is 0 Å². The number of hydrogen-bond donors (Lipinski definition) is 2. The summed E-state index contributed by atoms with van der Waals surface area (Å²) >= 11 is 6.61. The Labute approximate surface area is 139 Å². The number of amides is 1. The highest BCUT2D eigenvalue weighted by atomic mass is 32.1. The summed E-state index contributed by atoms with van der Waals surface area (Å²) in [5.74, 6) is 0.654. The van der Waals surface area contributed by atoms with E-state index in [1.54, 1.807) is 4.57 Å². The van der Waals surface area contributed by atoms with Gasteiger partial charge >= 0.3 is 0 Å². The molecule has 0 bridgehead atoms. The molecule has 0 aromatic carbocycles. The number of rotatable bonds is 5. The van der Waals surface area contributed by atoms with Crippen LogP contribution in [0.25, 0.3) is 0 Å². The van der Waals surface area contributed by atoms with Crippen LogP contribution in [0.5, 0.6) is 0 Å². The minimum atomic E-state index is -0.148. The van der Waals surface area contributed by atoms with Crippen LogP contribution in [0.15, 0.2) is 5.38 Å². The Balaban J connectivity index is 2.06. The van der Waals surface area contributed by atoms with Gasteiger partial charge in [0.25, 0.3) is 0 Å². The SMILES string of the molecule is CCCc1n[nH]c(=S)n1CC(=O)Nc1nc(C(C)(C)C)cs1. The van der Waals surface area contributed by atoms with Crippen LogP contribution in [0.2, 0.25) is 0 Å². The van der Waals surface area contributed by atoms with E-state index in [4.69, 9.17) is 12.2 Å². The maximum atomic E-state index is 12.2. The van der Waals surface area contributed by atoms with Gasteiger partial charge in [-0.3, -0.25) is 14.5 Å². The molecule has 0 radical (unpaired) electrons. The molecule has 2 aromatic heterocycles. The van der Waals surface area contributed by atoms with Crippen LogP contribution < -0.4 is 5.32 Å². The lowest BCUT2D eigenvalue weighted by molar-refractivity contribution is -0.116. The van der Waals surface area contributed by atoms with Crippen LogP contribution in [0.1, 0.15) is 45.6 Å². The fourth-order valence-corrected chi connectivity index (χ4v) is 3.07. The average Bonchev–Trinajstić information content (AvgIpc) is 3.00. The number of aromatic nitrogens is 4. The van der Waals surface area contributed by atoms with Crippen LogP contribution >= 0.6 is 23.6 Å². The molecular weight excluding hydrogens is 318 g/mol. The second-order valence-electron chi connectivity index (χ2n) is 6.12. The molecular formula is C14H21N5OS2. The van der Waals surface area contributed by atoms with E-state index >= 15 is 0 Å². The molecule has 8 heteroatoms. The van der Waals surface area contributed by atoms with E-state index in [9.17, 15) is 4.79 Å². The predicted octanol–water partition coefficient (Wildman–Crippen LogP) is 3.29. The van der Waals surface area contributed by atoms with Crippen molar-refractivity contribution in [2.75, 3.05) is 5.32 Å². The van der Waals surface area contributed by atoms with Gasteiger partial charge in [0.15, 0.2) is 9.90 Å². The lowest BCUT2D eigenvalue weighted by atomic mass is 9.93. The van der Waals surface area contributed by atoms with Crippen molar-refractivity contribution in [2.45, 2.75) is 52.5 Å². The molecule has 2 heterocycles. The van der Waals surface area contributed by atoms with Crippen molar-refractivity contribution < 1.29 is 4.79 Å². The molecule has 0 aliphatic heterocycles. The highest BCUT2D eigenvalue weighted by Crippen LogP contribution is 2.26. The minimum Gasteiger partial charge on any atom is -0.300 e. The van der Waals surface area contributed by atoms with Gasteiger partial charge in [0, 0.05) is 17.2 Å². The maximum Gasteiger partial charge on any atom is 0.246 e. The molecule has 22 heavy (non-hydrogen) atoms. The molecule has 0 saturated heterocycles. The molecule has 6 nitrogen and oxygen atoms in total. The summed E-state index contributed by atoms with van der Waals surface area (Å²) in [6, 6.07) is 0. The second-order valence-corrected chi connectivity index (χ2v) is 7.36. The summed E-state index contributed by atoms with van der Waals surface area (Å²) in [6.45, 7) is 8.49. The van der Waals surface area contributed by atoms with Crippen molar-refractivity contribution >= 4 is 34.6 Å². The van der Waals surface area contributed by atoms with Gasteiger partial charge in [-0.1, -0.05) is 27.7 Å². The quantitative estimate of drug-likeness (QED) is 0.820. The average molecular weight is 339 g/mol. The van der Waals surface area contributed by atoms with E-state index in [1.807, 2.05) is 5.38 Å². The number of nitrogens with zero attached hydrogens (tertiary/aromatic N) is 3. The first-order valence-corrected chi connectivity index (χ1v) is 8.50. The molecule has 2 rings (SSSR count). The number of aryl methyl sites for hydroxylation is 1. The summed E-state index contributed by atoms with van der Waals surface area (Å²) in [5.41, 5.74) is 0.945. The number of carbonyl (C=O) groups excluding carboxylic acids is 1. The molecule has 0 fully saturated rings. The summed E-state index contributed by atoms with van der Waals surface area (Å²) in [4.78, 5) is 16.7. The van der Waals surface area contributed by atoms with Gasteiger partial charge < -0.3 is 5.32 Å². The van der Waals surface area contributed by atoms with Gasteiger partial charge in [-0.2, -0.15) is 5.10 Å². The summed E-state index contributed by atoms with van der Waals surface area (Å²) in [5, 5.41) is 12.3. The minimum absolute atomic E-state index is 0.0269. The van der Waals surface area contributed by atoms with Gasteiger partial charge in [0.2, 0.25) is 5.91 Å². The molecule has 120 valence electrons. The lowest BCUT2D eigenvalue weighted by Crippen LogP contribution is -2.20. The smallest absolute Gasteiger partial charge is 0.246 e. The Bertz CT molecular complexity index is 707. The monoisotopic (exact) mass is 339 g/mol. The Morgan fingerprint density at radius 1 is 1.50 bits per heavy atom. The largest absolute Gasteiger partial charge is 0.300 e. The van der Waals surface area contributed by atoms with Crippen LogP contribution in [0, 0.1) is 4.77 Å². The van der Waals surface area contributed by atoms with Gasteiger partial charge in [-0.15, -0.1) is 11.3 Å². The highest BCUT2D eigenvalue weighted by Gasteiger charge is 2.18. The van der Waals surface area contributed by atoms with Crippen molar-refractivity contribution in [3.8, 4) is 0 Å². The highest BCUT2D eigenvalue weighted by molar-refractivity contribution is 7.71. The summed E-state index contributed by atoms with van der Waals surface area (Å²) < 4.78 is 2.19. The second kappa shape index (κ2) is 6.70. The Morgan fingerprint density at radius 2 is 2.23 bits per heavy atom. The van der Waals surface area contributed by atoms with E-state index in [1.165, 1.54) is 11.3 Å². The fraction of sp³-hybridized carbons (Fsp3) is 0.571. The number of nitrogens with one attached hydrogen (secondary N) is 2. The van der Waals surface area contributed by atoms with Crippen molar-refractivity contribution in [3.63, 3.8) is 0 Å². The summed E-state index contributed by atoms with van der Waals surface area (Å²) in [7, 11) is 0. The first-order chi connectivity index (χ1) is 10.3. The number of aromatic amines is 1. The zero-order chi connectivity index (χ0) is 16.3. The predicted molar refractivity (Wildman–Crippen MR) is 90.9 cm³/mol. The van der Waals surface area contributed by atoms with E-state index in [-0.39, 0.29) is 17.9 Å². The molecule has 0 unspecified atom stereocenters. The van der Waals surface area contributed by atoms with Crippen molar-refractivity contribution in [3.05, 3.63) is 21.7 Å². The van der Waals surface area contributed by atoms with Gasteiger partial charge in [-0.05, 0) is 18.6 Å². The van der Waals surface area contributed by atoms with E-state index in [2.05, 4.69) is 48.2 Å². The standard InChI is InChI=1S/C14H21N5OS2/c1-5-6-10-17-18-13(21)19(10)7-11(20)16-12-15-9(8-22-12)14(2,3)4/h8H,5-7H2,1-4H3,(H,18,21)(H,15,16,20). The molecule has 2 aromatic rings. The topological polar surface area (TPSA) is 75.6 Å². The number of H-pyrrole nitrogens is 1. The number of anilines is 1. The third kappa shape index (κ3) is 4.01. The first-order valence-electron chi connectivity index (χ1n) is 7.21. The van der Waals surface area contributed by atoms with Crippen molar-refractivity contribution in [1.82, 2.24) is 19.7 Å². The Morgan fingerprint density at radius 3 is 2.82 bits per heavy atom. The van der Waals surface area contributed by atoms with Crippen molar-refractivity contribution in [2.24, 2.45) is 0 Å². The first kappa shape index (κ1) is 16.8. The number of thiazole rings is 1. The molecule has 0 atom stereocenters.